The van der Waals surface area contributed by atoms with Gasteiger partial charge < -0.3 is 0 Å². The van der Waals surface area contributed by atoms with Crippen molar-refractivity contribution in [1.29, 1.82) is 0 Å². The van der Waals surface area contributed by atoms with Gasteiger partial charge in [0.15, 0.2) is 0 Å². The number of aryl methyl sites for hydroxylation is 1. The molecule has 0 spiro atoms. The second kappa shape index (κ2) is 5.60. The summed E-state index contributed by atoms with van der Waals surface area (Å²) in [5.74, 6) is 0. The second-order valence-electron chi connectivity index (χ2n) is 4.12. The fraction of sp³-hybridized carbons (Fsp3) is 0.125. The van der Waals surface area contributed by atoms with Gasteiger partial charge in [-0.2, -0.15) is 0 Å². The Morgan fingerprint density at radius 1 is 1.11 bits per heavy atom. The van der Waals surface area contributed by atoms with E-state index in [1.165, 1.54) is 5.56 Å². The van der Waals surface area contributed by atoms with E-state index in [1.807, 2.05) is 18.2 Å². The molecule has 0 saturated carbocycles. The first-order chi connectivity index (χ1) is 8.63. The zero-order valence-electron chi connectivity index (χ0n) is 10.2. The van der Waals surface area contributed by atoms with Crippen LogP contribution in [-0.2, 0) is 6.42 Å². The van der Waals surface area contributed by atoms with Crippen LogP contribution in [0.4, 0.5) is 0 Å². The van der Waals surface area contributed by atoms with E-state index in [9.17, 15) is 0 Å². The summed E-state index contributed by atoms with van der Waals surface area (Å²) in [6.07, 6.45) is 1.03. The molecule has 0 N–H and O–H groups in total. The van der Waals surface area contributed by atoms with Crippen molar-refractivity contribution in [2.24, 2.45) is 0 Å². The minimum absolute atomic E-state index is 0.507. The third kappa shape index (κ3) is 2.60. The monoisotopic (exact) mass is 276 g/mol. The zero-order valence-corrected chi connectivity index (χ0v) is 11.7. The standard InChI is InChI=1S/C16H14Cl2/c1-3-12-7-9-13(10-8-12)16-14(11(2)17)5-4-6-15(16)18/h4-10H,2-3H2,1H3. The average molecular weight is 277 g/mol. The van der Waals surface area contributed by atoms with Crippen molar-refractivity contribution in [2.45, 2.75) is 13.3 Å². The fourth-order valence-corrected chi connectivity index (χ4v) is 2.39. The van der Waals surface area contributed by atoms with Crippen molar-refractivity contribution in [3.8, 4) is 11.1 Å². The summed E-state index contributed by atoms with van der Waals surface area (Å²) in [7, 11) is 0. The normalized spacial score (nSPS) is 10.4. The number of halogens is 2. The van der Waals surface area contributed by atoms with Crippen LogP contribution >= 0.6 is 23.2 Å². The molecule has 18 heavy (non-hydrogen) atoms. The lowest BCUT2D eigenvalue weighted by Crippen LogP contribution is -1.88. The Morgan fingerprint density at radius 3 is 2.33 bits per heavy atom. The number of hydrogen-bond donors (Lipinski definition) is 0. The first-order valence-corrected chi connectivity index (χ1v) is 6.61. The molecule has 0 nitrogen and oxygen atoms in total. The summed E-state index contributed by atoms with van der Waals surface area (Å²) >= 11 is 12.3. The highest BCUT2D eigenvalue weighted by molar-refractivity contribution is 6.49. The molecular formula is C16H14Cl2. The van der Waals surface area contributed by atoms with Crippen LogP contribution in [0.25, 0.3) is 16.2 Å². The summed E-state index contributed by atoms with van der Waals surface area (Å²) in [6.45, 7) is 5.93. The molecule has 2 heteroatoms. The molecular weight excluding hydrogens is 263 g/mol. The average Bonchev–Trinajstić information content (AvgIpc) is 2.38. The molecule has 2 aromatic carbocycles. The van der Waals surface area contributed by atoms with Crippen LogP contribution in [0.3, 0.4) is 0 Å². The third-order valence-electron chi connectivity index (χ3n) is 2.96. The molecule has 0 radical (unpaired) electrons. The van der Waals surface area contributed by atoms with E-state index in [-0.39, 0.29) is 0 Å². The van der Waals surface area contributed by atoms with E-state index in [0.717, 1.165) is 23.1 Å². The number of hydrogen-bond acceptors (Lipinski definition) is 0. The predicted molar refractivity (Wildman–Crippen MR) is 81.2 cm³/mol. The Labute approximate surface area is 118 Å². The van der Waals surface area contributed by atoms with E-state index in [2.05, 4.69) is 37.8 Å². The maximum Gasteiger partial charge on any atom is 0.0490 e. The van der Waals surface area contributed by atoms with Crippen LogP contribution in [-0.4, -0.2) is 0 Å². The minimum Gasteiger partial charge on any atom is -0.0843 e. The molecule has 0 heterocycles. The number of rotatable bonds is 3. The number of benzene rings is 2. The first-order valence-electron chi connectivity index (χ1n) is 5.86. The molecule has 0 unspecified atom stereocenters. The van der Waals surface area contributed by atoms with Gasteiger partial charge in [0.05, 0.1) is 0 Å². The SMILES string of the molecule is C=C(Cl)c1cccc(Cl)c1-c1ccc(CC)cc1. The molecule has 92 valence electrons. The van der Waals surface area contributed by atoms with Crippen LogP contribution in [0.5, 0.6) is 0 Å². The van der Waals surface area contributed by atoms with Crippen LogP contribution < -0.4 is 0 Å². The molecule has 0 amide bonds. The highest BCUT2D eigenvalue weighted by Crippen LogP contribution is 2.35. The van der Waals surface area contributed by atoms with E-state index in [4.69, 9.17) is 23.2 Å². The highest BCUT2D eigenvalue weighted by atomic mass is 35.5. The van der Waals surface area contributed by atoms with E-state index in [1.54, 1.807) is 0 Å². The van der Waals surface area contributed by atoms with Crippen LogP contribution in [0.2, 0.25) is 5.02 Å². The van der Waals surface area contributed by atoms with Crippen molar-refractivity contribution in [1.82, 2.24) is 0 Å². The van der Waals surface area contributed by atoms with Crippen molar-refractivity contribution < 1.29 is 0 Å². The summed E-state index contributed by atoms with van der Waals surface area (Å²) < 4.78 is 0. The maximum absolute atomic E-state index is 6.28. The molecule has 0 bridgehead atoms. The van der Waals surface area contributed by atoms with Crippen molar-refractivity contribution in [3.05, 3.63) is 65.2 Å². The third-order valence-corrected chi connectivity index (χ3v) is 3.48. The summed E-state index contributed by atoms with van der Waals surface area (Å²) in [6, 6.07) is 14.1. The molecule has 2 rings (SSSR count). The molecule has 0 saturated heterocycles. The Bertz CT molecular complexity index is 568. The van der Waals surface area contributed by atoms with Gasteiger partial charge >= 0.3 is 0 Å². The topological polar surface area (TPSA) is 0 Å². The lowest BCUT2D eigenvalue weighted by atomic mass is 9.98. The van der Waals surface area contributed by atoms with E-state index < -0.39 is 0 Å². The first kappa shape index (κ1) is 13.2. The van der Waals surface area contributed by atoms with Gasteiger partial charge in [-0.15, -0.1) is 0 Å². The Hall–Kier alpha value is -1.24. The Balaban J connectivity index is 2.58. The van der Waals surface area contributed by atoms with Crippen molar-refractivity contribution >= 4 is 28.2 Å². The van der Waals surface area contributed by atoms with Gasteiger partial charge in [-0.05, 0) is 23.6 Å². The van der Waals surface area contributed by atoms with Crippen LogP contribution in [0, 0.1) is 0 Å². The van der Waals surface area contributed by atoms with Gasteiger partial charge in [0.1, 0.15) is 0 Å². The van der Waals surface area contributed by atoms with Gasteiger partial charge in [0, 0.05) is 21.2 Å². The van der Waals surface area contributed by atoms with Gasteiger partial charge in [0.2, 0.25) is 0 Å². The van der Waals surface area contributed by atoms with E-state index in [0.29, 0.717) is 10.1 Å². The molecule has 0 fully saturated rings. The minimum atomic E-state index is 0.507. The molecule has 0 aromatic heterocycles. The summed E-state index contributed by atoms with van der Waals surface area (Å²) in [5.41, 5.74) is 4.20. The molecule has 2 aromatic rings. The molecule has 0 aliphatic heterocycles. The Morgan fingerprint density at radius 2 is 1.78 bits per heavy atom. The van der Waals surface area contributed by atoms with E-state index >= 15 is 0 Å². The molecule has 0 aliphatic rings. The largest absolute Gasteiger partial charge is 0.0843 e. The van der Waals surface area contributed by atoms with Gasteiger partial charge in [-0.1, -0.05) is 73.1 Å². The van der Waals surface area contributed by atoms with Gasteiger partial charge in [-0.3, -0.25) is 0 Å². The van der Waals surface area contributed by atoms with Crippen molar-refractivity contribution in [2.75, 3.05) is 0 Å². The maximum atomic E-state index is 6.28. The lowest BCUT2D eigenvalue weighted by molar-refractivity contribution is 1.14. The lowest BCUT2D eigenvalue weighted by Gasteiger charge is -2.11. The zero-order chi connectivity index (χ0) is 13.1. The summed E-state index contributed by atoms with van der Waals surface area (Å²) in [5, 5.41) is 1.20. The fourth-order valence-electron chi connectivity index (χ4n) is 1.95. The molecule has 0 atom stereocenters. The Kier molecular flexibility index (Phi) is 4.11. The summed E-state index contributed by atoms with van der Waals surface area (Å²) in [4.78, 5) is 0. The quantitative estimate of drug-likeness (QED) is 0.667. The van der Waals surface area contributed by atoms with Gasteiger partial charge in [-0.25, -0.2) is 0 Å². The molecule has 0 aliphatic carbocycles. The smallest absolute Gasteiger partial charge is 0.0490 e. The highest BCUT2D eigenvalue weighted by Gasteiger charge is 2.10. The van der Waals surface area contributed by atoms with Crippen LogP contribution in [0.1, 0.15) is 18.1 Å². The van der Waals surface area contributed by atoms with Crippen LogP contribution in [0.15, 0.2) is 49.0 Å². The second-order valence-corrected chi connectivity index (χ2v) is 4.98. The predicted octanol–water partition coefficient (Wildman–Crippen LogP) is 5.78. The van der Waals surface area contributed by atoms with Gasteiger partial charge in [0.25, 0.3) is 0 Å². The van der Waals surface area contributed by atoms with Crippen molar-refractivity contribution in [3.63, 3.8) is 0 Å².